The highest BCUT2D eigenvalue weighted by Crippen LogP contribution is 2.51. The first-order valence-corrected chi connectivity index (χ1v) is 7.75. The molecular weight excluding hydrogens is 366 g/mol. The minimum atomic E-state index is -1.78. The van der Waals surface area contributed by atoms with Gasteiger partial charge in [-0.3, -0.25) is 14.6 Å². The molecule has 1 spiro atoms. The fourth-order valence-corrected chi connectivity index (χ4v) is 3.62. The van der Waals surface area contributed by atoms with Crippen LogP contribution >= 0.6 is 23.8 Å². The Morgan fingerprint density at radius 1 is 1.32 bits per heavy atom. The van der Waals surface area contributed by atoms with Crippen molar-refractivity contribution < 1.29 is 9.53 Å². The van der Waals surface area contributed by atoms with Gasteiger partial charge < -0.3 is 20.8 Å². The van der Waals surface area contributed by atoms with Crippen LogP contribution in [0.4, 0.5) is 5.69 Å². The van der Waals surface area contributed by atoms with E-state index in [1.807, 2.05) is 6.07 Å². The zero-order valence-corrected chi connectivity index (χ0v) is 13.8. The molecule has 124 valence electrons. The lowest BCUT2D eigenvalue weighted by Gasteiger charge is -2.32. The molecule has 5 N–H and O–H groups in total. The molecular formula is C15H8ClN5O3S. The summed E-state index contributed by atoms with van der Waals surface area (Å²) >= 11 is 11.0. The van der Waals surface area contributed by atoms with Crippen molar-refractivity contribution in [3.8, 4) is 11.9 Å². The lowest BCUT2D eigenvalue weighted by Crippen LogP contribution is -2.46. The molecule has 10 heteroatoms. The molecule has 1 aromatic heterocycles. The van der Waals surface area contributed by atoms with E-state index < -0.39 is 16.9 Å². The van der Waals surface area contributed by atoms with Crippen molar-refractivity contribution in [1.82, 2.24) is 9.97 Å². The van der Waals surface area contributed by atoms with Gasteiger partial charge in [0.05, 0.1) is 0 Å². The number of halogens is 1. The van der Waals surface area contributed by atoms with E-state index >= 15 is 0 Å². The van der Waals surface area contributed by atoms with Crippen LogP contribution < -0.4 is 21.3 Å². The highest BCUT2D eigenvalue weighted by atomic mass is 35.5. The van der Waals surface area contributed by atoms with Gasteiger partial charge in [-0.2, -0.15) is 5.26 Å². The summed E-state index contributed by atoms with van der Waals surface area (Å²) in [5, 5.41) is 12.6. The molecule has 0 saturated heterocycles. The zero-order chi connectivity index (χ0) is 17.9. The minimum absolute atomic E-state index is 0.00293. The molecule has 0 radical (unpaired) electrons. The minimum Gasteiger partial charge on any atom is -0.424 e. The SMILES string of the molecule is N#CC1=C(N)Oc2[nH]c(=S)[nH]c(=O)c2C12C(=O)Nc1ccc(Cl)cc12. The zero-order valence-electron chi connectivity index (χ0n) is 12.3. The number of nitrogens with zero attached hydrogens (tertiary/aromatic N) is 1. The molecule has 8 nitrogen and oxygen atoms in total. The van der Waals surface area contributed by atoms with Crippen molar-refractivity contribution in [2.45, 2.75) is 5.41 Å². The predicted molar refractivity (Wildman–Crippen MR) is 90.6 cm³/mol. The van der Waals surface area contributed by atoms with E-state index in [2.05, 4.69) is 15.3 Å². The molecule has 0 bridgehead atoms. The Bertz CT molecular complexity index is 1160. The van der Waals surface area contributed by atoms with Gasteiger partial charge in [-0.1, -0.05) is 11.6 Å². The van der Waals surface area contributed by atoms with Crippen molar-refractivity contribution in [1.29, 1.82) is 5.26 Å². The quantitative estimate of drug-likeness (QED) is 0.515. The maximum Gasteiger partial charge on any atom is 0.260 e. The number of carbonyl (C=O) groups is 1. The average molecular weight is 374 g/mol. The normalized spacial score (nSPS) is 20.6. The van der Waals surface area contributed by atoms with Crippen molar-refractivity contribution in [2.24, 2.45) is 5.73 Å². The number of aromatic amines is 2. The number of benzene rings is 1. The number of aromatic nitrogens is 2. The Morgan fingerprint density at radius 3 is 2.80 bits per heavy atom. The Morgan fingerprint density at radius 2 is 2.08 bits per heavy atom. The second-order valence-electron chi connectivity index (χ2n) is 5.46. The molecule has 2 aliphatic rings. The van der Waals surface area contributed by atoms with E-state index in [1.165, 1.54) is 6.07 Å². The lowest BCUT2D eigenvalue weighted by molar-refractivity contribution is -0.118. The largest absolute Gasteiger partial charge is 0.424 e. The van der Waals surface area contributed by atoms with Gasteiger partial charge in [0, 0.05) is 16.3 Å². The van der Waals surface area contributed by atoms with Crippen molar-refractivity contribution in [3.05, 3.63) is 60.9 Å². The summed E-state index contributed by atoms with van der Waals surface area (Å²) < 4.78 is 5.35. The topological polar surface area (TPSA) is 137 Å². The highest BCUT2D eigenvalue weighted by molar-refractivity contribution is 7.71. The third kappa shape index (κ3) is 1.83. The number of nitrogens with one attached hydrogen (secondary N) is 3. The molecule has 3 heterocycles. The number of nitriles is 1. The van der Waals surface area contributed by atoms with Crippen LogP contribution in [-0.4, -0.2) is 15.9 Å². The molecule has 25 heavy (non-hydrogen) atoms. The van der Waals surface area contributed by atoms with Gasteiger partial charge in [-0.05, 0) is 30.4 Å². The first kappa shape index (κ1) is 15.4. The van der Waals surface area contributed by atoms with Crippen LogP contribution in [0.5, 0.6) is 5.88 Å². The fraction of sp³-hybridized carbons (Fsp3) is 0.0667. The van der Waals surface area contributed by atoms with Crippen LogP contribution in [0, 0.1) is 16.1 Å². The van der Waals surface area contributed by atoms with E-state index in [4.69, 9.17) is 34.3 Å². The van der Waals surface area contributed by atoms with E-state index in [0.29, 0.717) is 16.3 Å². The van der Waals surface area contributed by atoms with E-state index in [-0.39, 0.29) is 27.7 Å². The Kier molecular flexibility index (Phi) is 3.06. The second-order valence-corrected chi connectivity index (χ2v) is 6.30. The summed E-state index contributed by atoms with van der Waals surface area (Å²) in [5.74, 6) is -0.993. The van der Waals surface area contributed by atoms with Crippen molar-refractivity contribution >= 4 is 35.4 Å². The first-order valence-electron chi connectivity index (χ1n) is 6.96. The van der Waals surface area contributed by atoms with Crippen LogP contribution in [0.2, 0.25) is 5.02 Å². The van der Waals surface area contributed by atoms with Crippen LogP contribution in [0.1, 0.15) is 11.1 Å². The summed E-state index contributed by atoms with van der Waals surface area (Å²) in [6.45, 7) is 0. The molecule has 2 aliphatic heterocycles. The Balaban J connectivity index is 2.24. The first-order chi connectivity index (χ1) is 11.9. The summed E-state index contributed by atoms with van der Waals surface area (Å²) in [7, 11) is 0. The number of fused-ring (bicyclic) bond motifs is 4. The van der Waals surface area contributed by atoms with Crippen LogP contribution in [-0.2, 0) is 10.2 Å². The molecule has 0 saturated carbocycles. The number of hydrogen-bond donors (Lipinski definition) is 4. The average Bonchev–Trinajstić information content (AvgIpc) is 2.80. The number of hydrogen-bond acceptors (Lipinski definition) is 6. The van der Waals surface area contributed by atoms with E-state index in [1.54, 1.807) is 12.1 Å². The smallest absolute Gasteiger partial charge is 0.260 e. The van der Waals surface area contributed by atoms with Crippen LogP contribution in [0.3, 0.4) is 0 Å². The summed E-state index contributed by atoms with van der Waals surface area (Å²) in [5.41, 5.74) is 3.88. The maximum atomic E-state index is 13.0. The molecule has 1 amide bonds. The second kappa shape index (κ2) is 4.95. The van der Waals surface area contributed by atoms with E-state index in [0.717, 1.165) is 0 Å². The highest BCUT2D eigenvalue weighted by Gasteiger charge is 2.58. The van der Waals surface area contributed by atoms with E-state index in [9.17, 15) is 14.9 Å². The monoisotopic (exact) mass is 373 g/mol. The maximum absolute atomic E-state index is 13.0. The van der Waals surface area contributed by atoms with Gasteiger partial charge in [0.15, 0.2) is 10.2 Å². The third-order valence-electron chi connectivity index (χ3n) is 4.20. The van der Waals surface area contributed by atoms with Gasteiger partial charge in [-0.25, -0.2) is 0 Å². The number of amides is 1. The van der Waals surface area contributed by atoms with Crippen molar-refractivity contribution in [2.75, 3.05) is 5.32 Å². The Hall–Kier alpha value is -3.09. The van der Waals surface area contributed by atoms with Gasteiger partial charge >= 0.3 is 0 Å². The molecule has 4 rings (SSSR count). The number of rotatable bonds is 0. The number of ether oxygens (including phenoxy) is 1. The summed E-state index contributed by atoms with van der Waals surface area (Å²) in [4.78, 5) is 30.7. The molecule has 1 atom stereocenters. The number of anilines is 1. The molecule has 1 unspecified atom stereocenters. The molecule has 1 aromatic carbocycles. The van der Waals surface area contributed by atoms with Gasteiger partial charge in [-0.15, -0.1) is 0 Å². The molecule has 2 aromatic rings. The number of nitrogens with two attached hydrogens (primary N) is 1. The summed E-state index contributed by atoms with van der Waals surface area (Å²) in [6, 6.07) is 6.57. The Labute approximate surface area is 149 Å². The van der Waals surface area contributed by atoms with Gasteiger partial charge in [0.2, 0.25) is 17.7 Å². The molecule has 0 fully saturated rings. The van der Waals surface area contributed by atoms with Crippen LogP contribution in [0.25, 0.3) is 0 Å². The fourth-order valence-electron chi connectivity index (χ4n) is 3.26. The number of carbonyl (C=O) groups excluding carboxylic acids is 1. The predicted octanol–water partition coefficient (Wildman–Crippen LogP) is 1.41. The molecule has 0 aliphatic carbocycles. The van der Waals surface area contributed by atoms with Crippen LogP contribution in [0.15, 0.2) is 34.4 Å². The summed E-state index contributed by atoms with van der Waals surface area (Å²) in [6.07, 6.45) is 0. The van der Waals surface area contributed by atoms with Crippen molar-refractivity contribution in [3.63, 3.8) is 0 Å². The van der Waals surface area contributed by atoms with Gasteiger partial charge in [0.1, 0.15) is 17.2 Å². The number of H-pyrrole nitrogens is 2. The standard InChI is InChI=1S/C15H8ClN5O3S/c16-5-1-2-8-6(3-5)15(13(23)19-8)7(4-17)10(18)24-12-9(15)11(22)20-14(25)21-12/h1-3H,18H2,(H,19,23)(H2,20,21,22,25). The van der Waals surface area contributed by atoms with Gasteiger partial charge in [0.25, 0.3) is 5.56 Å². The third-order valence-corrected chi connectivity index (χ3v) is 4.64. The lowest BCUT2D eigenvalue weighted by atomic mass is 9.70.